The van der Waals surface area contributed by atoms with E-state index in [1.54, 1.807) is 0 Å². The summed E-state index contributed by atoms with van der Waals surface area (Å²) in [5, 5.41) is 7.64. The van der Waals surface area contributed by atoms with Crippen molar-refractivity contribution in [3.8, 4) is 0 Å². The number of primary sulfonamides is 1. The minimum absolute atomic E-state index is 0.147. The first-order chi connectivity index (χ1) is 8.97. The summed E-state index contributed by atoms with van der Waals surface area (Å²) in [7, 11) is -3.45. The zero-order valence-electron chi connectivity index (χ0n) is 10.5. The maximum Gasteiger partial charge on any atom is 0.307 e. The third-order valence-electron chi connectivity index (χ3n) is 2.31. The maximum absolute atomic E-state index is 11.4. The Morgan fingerprint density at radius 2 is 1.89 bits per heavy atom. The van der Waals surface area contributed by atoms with E-state index in [2.05, 4.69) is 5.32 Å². The standard InChI is InChI=1S/C12H18N2O4S/c13-19(16,17)9-8-14-7-6-12(15)18-10-11-4-2-1-3-5-11/h1-5,14H,6-10H2,(H2,13,16,17). The summed E-state index contributed by atoms with van der Waals surface area (Å²) in [6.07, 6.45) is 0.192. The molecular formula is C12H18N2O4S. The van der Waals surface area contributed by atoms with Crippen molar-refractivity contribution in [3.05, 3.63) is 35.9 Å². The Labute approximate surface area is 113 Å². The van der Waals surface area contributed by atoms with Crippen LogP contribution in [-0.4, -0.2) is 33.2 Å². The van der Waals surface area contributed by atoms with Crippen LogP contribution in [0.5, 0.6) is 0 Å². The van der Waals surface area contributed by atoms with E-state index in [0.29, 0.717) is 6.54 Å². The molecule has 0 fully saturated rings. The molecule has 0 saturated heterocycles. The van der Waals surface area contributed by atoms with E-state index >= 15 is 0 Å². The number of nitrogens with one attached hydrogen (secondary N) is 1. The Hall–Kier alpha value is -1.44. The Morgan fingerprint density at radius 1 is 1.21 bits per heavy atom. The molecule has 0 amide bonds. The third kappa shape index (κ3) is 8.30. The summed E-state index contributed by atoms with van der Waals surface area (Å²) < 4.78 is 26.3. The van der Waals surface area contributed by atoms with Crippen molar-refractivity contribution in [2.75, 3.05) is 18.8 Å². The van der Waals surface area contributed by atoms with Crippen LogP contribution in [0.4, 0.5) is 0 Å². The Kier molecular flexibility index (Phi) is 6.48. The summed E-state index contributed by atoms with van der Waals surface area (Å²) >= 11 is 0. The number of hydrogen-bond donors (Lipinski definition) is 2. The van der Waals surface area contributed by atoms with Gasteiger partial charge in [-0.15, -0.1) is 0 Å². The van der Waals surface area contributed by atoms with E-state index < -0.39 is 10.0 Å². The minimum atomic E-state index is -3.45. The lowest BCUT2D eigenvalue weighted by Crippen LogP contribution is -2.28. The molecule has 1 aromatic carbocycles. The van der Waals surface area contributed by atoms with Gasteiger partial charge in [-0.25, -0.2) is 13.6 Å². The van der Waals surface area contributed by atoms with E-state index in [1.165, 1.54) is 0 Å². The summed E-state index contributed by atoms with van der Waals surface area (Å²) in [6.45, 7) is 0.838. The van der Waals surface area contributed by atoms with Gasteiger partial charge in [0.05, 0.1) is 12.2 Å². The lowest BCUT2D eigenvalue weighted by Gasteiger charge is -2.05. The highest BCUT2D eigenvalue weighted by Crippen LogP contribution is 2.01. The number of sulfonamides is 1. The van der Waals surface area contributed by atoms with E-state index in [1.807, 2.05) is 30.3 Å². The Bertz CT molecular complexity index is 488. The van der Waals surface area contributed by atoms with Crippen LogP contribution in [0, 0.1) is 0 Å². The molecular weight excluding hydrogens is 268 g/mol. The second-order valence-corrected chi connectivity index (χ2v) is 5.75. The number of benzene rings is 1. The second-order valence-electron chi connectivity index (χ2n) is 4.01. The Morgan fingerprint density at radius 3 is 2.53 bits per heavy atom. The zero-order chi connectivity index (χ0) is 14.1. The predicted molar refractivity (Wildman–Crippen MR) is 71.7 cm³/mol. The summed E-state index contributed by atoms with van der Waals surface area (Å²) in [5.74, 6) is -0.474. The van der Waals surface area contributed by atoms with Gasteiger partial charge in [0.15, 0.2) is 0 Å². The molecule has 19 heavy (non-hydrogen) atoms. The minimum Gasteiger partial charge on any atom is -0.461 e. The van der Waals surface area contributed by atoms with Gasteiger partial charge >= 0.3 is 5.97 Å². The van der Waals surface area contributed by atoms with Gasteiger partial charge in [0.25, 0.3) is 0 Å². The average Bonchev–Trinajstić information content (AvgIpc) is 2.36. The first-order valence-corrected chi connectivity index (χ1v) is 7.59. The fraction of sp³-hybridized carbons (Fsp3) is 0.417. The maximum atomic E-state index is 11.4. The number of hydrogen-bond acceptors (Lipinski definition) is 5. The quantitative estimate of drug-likeness (QED) is 0.517. The van der Waals surface area contributed by atoms with Crippen molar-refractivity contribution in [3.63, 3.8) is 0 Å². The molecule has 1 rings (SSSR count). The number of esters is 1. The highest BCUT2D eigenvalue weighted by molar-refractivity contribution is 7.89. The highest BCUT2D eigenvalue weighted by Gasteiger charge is 2.04. The molecule has 0 aromatic heterocycles. The molecule has 6 nitrogen and oxygen atoms in total. The lowest BCUT2D eigenvalue weighted by atomic mass is 10.2. The first kappa shape index (κ1) is 15.6. The van der Waals surface area contributed by atoms with Gasteiger partial charge < -0.3 is 10.1 Å². The highest BCUT2D eigenvalue weighted by atomic mass is 32.2. The van der Waals surface area contributed by atoms with Crippen LogP contribution >= 0.6 is 0 Å². The molecule has 0 saturated carbocycles. The largest absolute Gasteiger partial charge is 0.461 e. The smallest absolute Gasteiger partial charge is 0.307 e. The molecule has 0 unspecified atom stereocenters. The van der Waals surface area contributed by atoms with E-state index in [4.69, 9.17) is 9.88 Å². The van der Waals surface area contributed by atoms with Crippen LogP contribution in [0.25, 0.3) is 0 Å². The summed E-state index contributed by atoms with van der Waals surface area (Å²) in [6, 6.07) is 9.38. The SMILES string of the molecule is NS(=O)(=O)CCNCCC(=O)OCc1ccccc1. The lowest BCUT2D eigenvalue weighted by molar-refractivity contribution is -0.144. The predicted octanol–water partition coefficient (Wildman–Crippen LogP) is -0.00200. The first-order valence-electron chi connectivity index (χ1n) is 5.88. The van der Waals surface area contributed by atoms with Crippen molar-refractivity contribution >= 4 is 16.0 Å². The number of carbonyl (C=O) groups is 1. The molecule has 0 aliphatic carbocycles. The molecule has 7 heteroatoms. The van der Waals surface area contributed by atoms with Gasteiger partial charge in [0.1, 0.15) is 6.61 Å². The normalized spacial score (nSPS) is 11.2. The van der Waals surface area contributed by atoms with Crippen LogP contribution in [-0.2, 0) is 26.2 Å². The zero-order valence-corrected chi connectivity index (χ0v) is 11.4. The molecule has 3 N–H and O–H groups in total. The third-order valence-corrected chi connectivity index (χ3v) is 3.09. The number of ether oxygens (including phenoxy) is 1. The molecule has 0 radical (unpaired) electrons. The van der Waals surface area contributed by atoms with Gasteiger partial charge in [0, 0.05) is 13.1 Å². The summed E-state index contributed by atoms with van der Waals surface area (Å²) in [4.78, 5) is 11.4. The molecule has 0 bridgehead atoms. The molecule has 0 spiro atoms. The molecule has 0 atom stereocenters. The fourth-order valence-corrected chi connectivity index (χ4v) is 1.77. The van der Waals surface area contributed by atoms with Crippen molar-refractivity contribution < 1.29 is 17.9 Å². The van der Waals surface area contributed by atoms with Gasteiger partial charge in [0.2, 0.25) is 10.0 Å². The fourth-order valence-electron chi connectivity index (χ4n) is 1.34. The van der Waals surface area contributed by atoms with Gasteiger partial charge in [-0.05, 0) is 5.56 Å². The van der Waals surface area contributed by atoms with Crippen molar-refractivity contribution in [2.45, 2.75) is 13.0 Å². The van der Waals surface area contributed by atoms with Crippen LogP contribution < -0.4 is 10.5 Å². The van der Waals surface area contributed by atoms with Crippen LogP contribution in [0.15, 0.2) is 30.3 Å². The van der Waals surface area contributed by atoms with Gasteiger partial charge in [-0.2, -0.15) is 0 Å². The molecule has 1 aromatic rings. The van der Waals surface area contributed by atoms with Gasteiger partial charge in [-0.3, -0.25) is 4.79 Å². The van der Waals surface area contributed by atoms with Crippen molar-refractivity contribution in [1.82, 2.24) is 5.32 Å². The van der Waals surface area contributed by atoms with Crippen LogP contribution in [0.2, 0.25) is 0 Å². The molecule has 0 aliphatic rings. The second kappa shape index (κ2) is 7.88. The molecule has 106 valence electrons. The number of nitrogens with two attached hydrogens (primary N) is 1. The number of carbonyl (C=O) groups excluding carboxylic acids is 1. The number of rotatable bonds is 8. The average molecular weight is 286 g/mol. The van der Waals surface area contributed by atoms with Crippen LogP contribution in [0.3, 0.4) is 0 Å². The van der Waals surface area contributed by atoms with Gasteiger partial charge in [-0.1, -0.05) is 30.3 Å². The molecule has 0 heterocycles. The van der Waals surface area contributed by atoms with E-state index in [0.717, 1.165) is 5.56 Å². The van der Waals surface area contributed by atoms with Crippen molar-refractivity contribution in [1.29, 1.82) is 0 Å². The van der Waals surface area contributed by atoms with Crippen molar-refractivity contribution in [2.24, 2.45) is 5.14 Å². The Balaban J connectivity index is 2.09. The van der Waals surface area contributed by atoms with E-state index in [9.17, 15) is 13.2 Å². The van der Waals surface area contributed by atoms with E-state index in [-0.39, 0.29) is 31.3 Å². The summed E-state index contributed by atoms with van der Waals surface area (Å²) in [5.41, 5.74) is 0.929. The monoisotopic (exact) mass is 286 g/mol. The topological polar surface area (TPSA) is 98.5 Å². The molecule has 0 aliphatic heterocycles. The van der Waals surface area contributed by atoms with Crippen LogP contribution in [0.1, 0.15) is 12.0 Å².